The average molecular weight is 567 g/mol. The summed E-state index contributed by atoms with van der Waals surface area (Å²) in [6, 6.07) is 25.5. The molecule has 6 rings (SSSR count). The lowest BCUT2D eigenvalue weighted by atomic mass is 9.76. The Morgan fingerprint density at radius 3 is 2.66 bits per heavy atom. The van der Waals surface area contributed by atoms with Gasteiger partial charge in [-0.2, -0.15) is 0 Å². The molecule has 6 heteroatoms. The van der Waals surface area contributed by atoms with Crippen LogP contribution in [0.4, 0.5) is 15.8 Å². The summed E-state index contributed by atoms with van der Waals surface area (Å²) in [7, 11) is 0. The smallest absolute Gasteiger partial charge is 0.180 e. The maximum absolute atomic E-state index is 14.1. The van der Waals surface area contributed by atoms with Gasteiger partial charge in [0.05, 0.1) is 23.4 Å². The summed E-state index contributed by atoms with van der Waals surface area (Å²) in [5.74, 6) is 1.49. The first-order valence-corrected chi connectivity index (χ1v) is 14.4. The molecule has 0 saturated heterocycles. The minimum atomic E-state index is -0.324. The van der Waals surface area contributed by atoms with Crippen molar-refractivity contribution in [2.45, 2.75) is 38.8 Å². The molecule has 1 aliphatic heterocycles. The highest BCUT2D eigenvalue weighted by Crippen LogP contribution is 2.50. The Kier molecular flexibility index (Phi) is 7.80. The fourth-order valence-corrected chi connectivity index (χ4v) is 6.07. The van der Waals surface area contributed by atoms with Crippen molar-refractivity contribution in [3.63, 3.8) is 0 Å². The third kappa shape index (κ3) is 5.73. The van der Waals surface area contributed by atoms with Crippen molar-refractivity contribution < 1.29 is 13.9 Å². The van der Waals surface area contributed by atoms with Gasteiger partial charge in [-0.1, -0.05) is 71.8 Å². The van der Waals surface area contributed by atoms with Crippen molar-refractivity contribution in [3.05, 3.63) is 130 Å². The molecule has 208 valence electrons. The van der Waals surface area contributed by atoms with Crippen LogP contribution >= 0.6 is 11.6 Å². The zero-order valence-corrected chi connectivity index (χ0v) is 23.9. The van der Waals surface area contributed by atoms with Crippen LogP contribution in [0.3, 0.4) is 0 Å². The van der Waals surface area contributed by atoms with Gasteiger partial charge in [0.2, 0.25) is 0 Å². The molecule has 1 heterocycles. The number of halogens is 2. The molecule has 4 aromatic rings. The van der Waals surface area contributed by atoms with Gasteiger partial charge < -0.3 is 14.8 Å². The molecular formula is C35H32ClFN2O2. The van der Waals surface area contributed by atoms with Gasteiger partial charge in [-0.3, -0.25) is 4.99 Å². The fourth-order valence-electron chi connectivity index (χ4n) is 5.79. The van der Waals surface area contributed by atoms with E-state index in [-0.39, 0.29) is 18.5 Å². The predicted octanol–water partition coefficient (Wildman–Crippen LogP) is 9.34. The van der Waals surface area contributed by atoms with Crippen molar-refractivity contribution in [3.8, 4) is 11.5 Å². The monoisotopic (exact) mass is 566 g/mol. The second-order valence-corrected chi connectivity index (χ2v) is 11.0. The lowest BCUT2D eigenvalue weighted by Crippen LogP contribution is -2.29. The van der Waals surface area contributed by atoms with Gasteiger partial charge in [-0.15, -0.1) is 0 Å². The van der Waals surface area contributed by atoms with Gasteiger partial charge >= 0.3 is 0 Å². The number of nitrogens with zero attached hydrogens (tertiary/aromatic N) is 1. The summed E-state index contributed by atoms with van der Waals surface area (Å²) < 4.78 is 25.7. The lowest BCUT2D eigenvalue weighted by Gasteiger charge is -2.37. The van der Waals surface area contributed by atoms with Crippen LogP contribution in [0.2, 0.25) is 5.02 Å². The molecule has 0 fully saturated rings. The van der Waals surface area contributed by atoms with Crippen LogP contribution in [0.5, 0.6) is 11.5 Å². The molecule has 0 unspecified atom stereocenters. The third-order valence-electron chi connectivity index (χ3n) is 7.79. The number of anilines is 1. The normalized spacial score (nSPS) is 19.1. The van der Waals surface area contributed by atoms with Crippen LogP contribution in [0.1, 0.15) is 53.1 Å². The lowest BCUT2D eigenvalue weighted by molar-refractivity contribution is 0.266. The van der Waals surface area contributed by atoms with E-state index in [9.17, 15) is 4.39 Å². The van der Waals surface area contributed by atoms with E-state index in [0.29, 0.717) is 40.5 Å². The number of rotatable bonds is 8. The minimum Gasteiger partial charge on any atom is -0.490 e. The molecule has 4 aromatic carbocycles. The van der Waals surface area contributed by atoms with Gasteiger partial charge in [0.15, 0.2) is 11.5 Å². The molecule has 4 nitrogen and oxygen atoms in total. The van der Waals surface area contributed by atoms with Crippen LogP contribution in [-0.4, -0.2) is 12.8 Å². The molecule has 2 aliphatic rings. The summed E-state index contributed by atoms with van der Waals surface area (Å²) in [4.78, 5) is 4.69. The van der Waals surface area contributed by atoms with Gasteiger partial charge in [0.1, 0.15) is 12.4 Å². The van der Waals surface area contributed by atoms with E-state index >= 15 is 0 Å². The molecule has 0 radical (unpaired) electrons. The van der Waals surface area contributed by atoms with Crippen molar-refractivity contribution in [1.29, 1.82) is 0 Å². The van der Waals surface area contributed by atoms with E-state index in [1.165, 1.54) is 28.4 Å². The number of hydrogen-bond donors (Lipinski definition) is 1. The third-order valence-corrected chi connectivity index (χ3v) is 8.08. The molecule has 0 bridgehead atoms. The van der Waals surface area contributed by atoms with Crippen molar-refractivity contribution in [2.24, 2.45) is 10.9 Å². The quantitative estimate of drug-likeness (QED) is 0.171. The van der Waals surface area contributed by atoms with E-state index in [0.717, 1.165) is 17.7 Å². The number of ether oxygens (including phenoxy) is 2. The molecule has 3 atom stereocenters. The topological polar surface area (TPSA) is 42.8 Å². The SMILES string of the molecule is CCOc1cc(C=Nc2ccc([C@@H]3Nc4ccc(C)cc4[C@H]4C=CC[C@@H]43)cc2)cc(Cl)c1OCc1ccccc1F. The molecule has 41 heavy (non-hydrogen) atoms. The fraction of sp³-hybridized carbons (Fsp3) is 0.229. The van der Waals surface area contributed by atoms with Gasteiger partial charge in [-0.25, -0.2) is 4.39 Å². The Balaban J connectivity index is 1.18. The number of benzene rings is 4. The number of aliphatic imine (C=N–C) groups is 1. The highest BCUT2D eigenvalue weighted by Gasteiger charge is 2.37. The second kappa shape index (κ2) is 11.8. The Hall–Kier alpha value is -4.09. The molecule has 0 amide bonds. The highest BCUT2D eigenvalue weighted by atomic mass is 35.5. The molecule has 0 aromatic heterocycles. The number of hydrogen-bond acceptors (Lipinski definition) is 4. The summed E-state index contributed by atoms with van der Waals surface area (Å²) in [6.45, 7) is 4.53. The first-order chi connectivity index (χ1) is 20.0. The maximum atomic E-state index is 14.1. The number of aryl methyl sites for hydroxylation is 1. The van der Waals surface area contributed by atoms with Crippen LogP contribution in [0.25, 0.3) is 0 Å². The van der Waals surface area contributed by atoms with Crippen LogP contribution < -0.4 is 14.8 Å². The van der Waals surface area contributed by atoms with Gasteiger partial charge in [-0.05, 0) is 79.3 Å². The van der Waals surface area contributed by atoms with Crippen molar-refractivity contribution in [1.82, 2.24) is 0 Å². The van der Waals surface area contributed by atoms with E-state index in [1.54, 1.807) is 30.5 Å². The predicted molar refractivity (Wildman–Crippen MR) is 165 cm³/mol. The number of fused-ring (bicyclic) bond motifs is 3. The first kappa shape index (κ1) is 27.1. The van der Waals surface area contributed by atoms with Gasteiger partial charge in [0, 0.05) is 23.4 Å². The molecule has 0 saturated carbocycles. The zero-order chi connectivity index (χ0) is 28.3. The molecular weight excluding hydrogens is 535 g/mol. The summed E-state index contributed by atoms with van der Waals surface area (Å²) >= 11 is 6.58. The van der Waals surface area contributed by atoms with Crippen LogP contribution in [-0.2, 0) is 6.61 Å². The van der Waals surface area contributed by atoms with E-state index in [4.69, 9.17) is 21.1 Å². The molecule has 1 N–H and O–H groups in total. The first-order valence-electron chi connectivity index (χ1n) is 14.0. The summed E-state index contributed by atoms with van der Waals surface area (Å²) in [5.41, 5.74) is 7.24. The summed E-state index contributed by atoms with van der Waals surface area (Å²) in [6.07, 6.45) is 7.52. The van der Waals surface area contributed by atoms with E-state index in [2.05, 4.69) is 59.7 Å². The average Bonchev–Trinajstić information content (AvgIpc) is 3.47. The zero-order valence-electron chi connectivity index (χ0n) is 23.1. The highest BCUT2D eigenvalue weighted by molar-refractivity contribution is 6.32. The van der Waals surface area contributed by atoms with Crippen molar-refractivity contribution in [2.75, 3.05) is 11.9 Å². The summed E-state index contributed by atoms with van der Waals surface area (Å²) in [5, 5.41) is 4.18. The second-order valence-electron chi connectivity index (χ2n) is 10.6. The largest absolute Gasteiger partial charge is 0.490 e. The maximum Gasteiger partial charge on any atom is 0.180 e. The Morgan fingerprint density at radius 2 is 1.85 bits per heavy atom. The van der Waals surface area contributed by atoms with Crippen LogP contribution in [0.15, 0.2) is 96.0 Å². The minimum absolute atomic E-state index is 0.0466. The van der Waals surface area contributed by atoms with Crippen LogP contribution in [0, 0.1) is 18.7 Å². The van der Waals surface area contributed by atoms with E-state index < -0.39 is 0 Å². The Morgan fingerprint density at radius 1 is 1.02 bits per heavy atom. The Labute approximate surface area is 245 Å². The molecule has 0 spiro atoms. The standard InChI is InChI=1S/C35H32ClFN2O2/c1-3-40-33-19-23(18-30(36)35(33)41-21-25-7-4-5-10-31(25)37)20-38-26-14-12-24(13-15-26)34-28-9-6-8-27(28)29-17-22(2)11-16-32(29)39-34/h4-8,10-20,27-28,34,39H,3,9,21H2,1-2H3/t27-,28-,34-/m0/s1. The van der Waals surface area contributed by atoms with E-state index in [1.807, 2.05) is 25.1 Å². The van der Waals surface area contributed by atoms with Crippen molar-refractivity contribution >= 4 is 29.2 Å². The number of allylic oxidation sites excluding steroid dienone is 2. The van der Waals surface area contributed by atoms with Gasteiger partial charge in [0.25, 0.3) is 0 Å². The Bertz CT molecular complexity index is 1620. The number of nitrogens with one attached hydrogen (secondary N) is 1. The molecule has 1 aliphatic carbocycles.